The van der Waals surface area contributed by atoms with Crippen LogP contribution in [0.4, 0.5) is 0 Å². The fourth-order valence-electron chi connectivity index (χ4n) is 5.30. The summed E-state index contributed by atoms with van der Waals surface area (Å²) in [5, 5.41) is 16.6. The Morgan fingerprint density at radius 1 is 0.605 bits per heavy atom. The summed E-state index contributed by atoms with van der Waals surface area (Å²) in [6, 6.07) is 32.0. The van der Waals surface area contributed by atoms with Crippen LogP contribution in [-0.4, -0.2) is 17.7 Å². The molecule has 0 aliphatic heterocycles. The summed E-state index contributed by atoms with van der Waals surface area (Å²) in [5.74, 6) is 0.272. The standard InChI is InChI=1S/C21H28O3.C14H8/c22-21(23)13-7-5-3-1-2-4-6-10-16-24-20-15-14-18-11-8-9-12-19(18)17-20;1-2-6-11-9(4-1)8-10-5-3-7-12-13(10)14(11)12/h8-9,11-12,14-15,17H,1-7,10,13,16H2,(H,22,23);1-8H. The van der Waals surface area contributed by atoms with E-state index in [1.807, 2.05) is 12.1 Å². The number of carbonyl (C=O) groups is 1. The van der Waals surface area contributed by atoms with Gasteiger partial charge in [0, 0.05) is 6.42 Å². The van der Waals surface area contributed by atoms with E-state index in [0.29, 0.717) is 6.42 Å². The lowest BCUT2D eigenvalue weighted by Crippen LogP contribution is -1.97. The lowest BCUT2D eigenvalue weighted by atomic mass is 10.1. The van der Waals surface area contributed by atoms with E-state index in [4.69, 9.17) is 9.84 Å². The molecule has 1 N–H and O–H groups in total. The van der Waals surface area contributed by atoms with Crippen molar-refractivity contribution in [3.63, 3.8) is 0 Å². The van der Waals surface area contributed by atoms with Gasteiger partial charge in [-0.3, -0.25) is 4.79 Å². The maximum absolute atomic E-state index is 10.4. The molecule has 0 aromatic heterocycles. The Morgan fingerprint density at radius 3 is 2.05 bits per heavy atom. The van der Waals surface area contributed by atoms with Crippen LogP contribution in [0.3, 0.4) is 0 Å². The summed E-state index contributed by atoms with van der Waals surface area (Å²) in [6.07, 6.45) is 9.29. The highest BCUT2D eigenvalue weighted by molar-refractivity contribution is 6.29. The van der Waals surface area contributed by atoms with Gasteiger partial charge in [-0.1, -0.05) is 111 Å². The van der Waals surface area contributed by atoms with Crippen LogP contribution in [0.15, 0.2) is 91.0 Å². The van der Waals surface area contributed by atoms with Crippen molar-refractivity contribution in [1.82, 2.24) is 0 Å². The van der Waals surface area contributed by atoms with E-state index >= 15 is 0 Å². The molecule has 0 radical (unpaired) electrons. The summed E-state index contributed by atoms with van der Waals surface area (Å²) < 4.78 is 5.84. The van der Waals surface area contributed by atoms with Crippen LogP contribution >= 0.6 is 0 Å². The molecule has 3 nitrogen and oxygen atoms in total. The largest absolute Gasteiger partial charge is 0.494 e. The molecule has 6 rings (SSSR count). The second-order valence-corrected chi connectivity index (χ2v) is 10.2. The van der Waals surface area contributed by atoms with Crippen molar-refractivity contribution in [2.24, 2.45) is 0 Å². The maximum Gasteiger partial charge on any atom is 0.303 e. The van der Waals surface area contributed by atoms with E-state index in [1.165, 1.54) is 69.1 Å². The number of ether oxygens (including phenoxy) is 1. The van der Waals surface area contributed by atoms with Gasteiger partial charge in [0.05, 0.1) is 6.61 Å². The van der Waals surface area contributed by atoms with Crippen molar-refractivity contribution >= 4 is 38.3 Å². The van der Waals surface area contributed by atoms with Gasteiger partial charge in [0.2, 0.25) is 0 Å². The molecule has 5 aromatic rings. The number of carboxylic acids is 1. The predicted octanol–water partition coefficient (Wildman–Crippen LogP) is 9.79. The zero-order chi connectivity index (χ0) is 26.2. The Labute approximate surface area is 225 Å². The first-order valence-electron chi connectivity index (χ1n) is 14.0. The van der Waals surface area contributed by atoms with Gasteiger partial charge in [0.1, 0.15) is 5.75 Å². The molecule has 194 valence electrons. The SMILES string of the molecule is O=C(O)CCCCCCCCCCOc1ccc2ccccc2c1.c1ccc2c3c4c-3cccc4cc2c1. The number of fused-ring (bicyclic) bond motifs is 4. The van der Waals surface area contributed by atoms with Crippen LogP contribution in [0.25, 0.3) is 43.4 Å². The van der Waals surface area contributed by atoms with Gasteiger partial charge < -0.3 is 9.84 Å². The summed E-state index contributed by atoms with van der Waals surface area (Å²) >= 11 is 0. The molecule has 0 saturated heterocycles. The van der Waals surface area contributed by atoms with E-state index in [-0.39, 0.29) is 0 Å². The highest BCUT2D eigenvalue weighted by Crippen LogP contribution is 2.51. The molecule has 0 heterocycles. The van der Waals surface area contributed by atoms with Gasteiger partial charge in [-0.15, -0.1) is 0 Å². The fourth-order valence-corrected chi connectivity index (χ4v) is 5.30. The summed E-state index contributed by atoms with van der Waals surface area (Å²) in [7, 11) is 0. The summed E-state index contributed by atoms with van der Waals surface area (Å²) in [6.45, 7) is 0.775. The van der Waals surface area contributed by atoms with Gasteiger partial charge in [-0.25, -0.2) is 0 Å². The van der Waals surface area contributed by atoms with Crippen molar-refractivity contribution in [3.05, 3.63) is 91.0 Å². The third-order valence-corrected chi connectivity index (χ3v) is 7.37. The number of hydrogen-bond acceptors (Lipinski definition) is 2. The van der Waals surface area contributed by atoms with Crippen molar-refractivity contribution in [2.75, 3.05) is 6.61 Å². The van der Waals surface area contributed by atoms with Gasteiger partial charge in [-0.05, 0) is 74.5 Å². The normalized spacial score (nSPS) is 11.4. The molecule has 0 amide bonds. The van der Waals surface area contributed by atoms with Crippen molar-refractivity contribution in [1.29, 1.82) is 0 Å². The number of benzene rings is 5. The first kappa shape index (κ1) is 25.8. The number of rotatable bonds is 12. The lowest BCUT2D eigenvalue weighted by Gasteiger charge is -2.07. The molecule has 38 heavy (non-hydrogen) atoms. The van der Waals surface area contributed by atoms with Crippen LogP contribution in [0.2, 0.25) is 0 Å². The Kier molecular flexibility index (Phi) is 8.55. The Balaban J connectivity index is 0.000000175. The zero-order valence-electron chi connectivity index (χ0n) is 22.0. The number of carboxylic acid groups (broad SMARTS) is 1. The average molecular weight is 505 g/mol. The molecular formula is C35H36O3. The maximum atomic E-state index is 10.4. The molecule has 5 aromatic carbocycles. The van der Waals surface area contributed by atoms with Crippen LogP contribution in [0.5, 0.6) is 5.75 Å². The van der Waals surface area contributed by atoms with E-state index in [1.54, 1.807) is 0 Å². The lowest BCUT2D eigenvalue weighted by molar-refractivity contribution is -0.137. The van der Waals surface area contributed by atoms with E-state index in [2.05, 4.69) is 78.9 Å². The molecular weight excluding hydrogens is 468 g/mol. The van der Waals surface area contributed by atoms with Crippen molar-refractivity contribution in [2.45, 2.75) is 57.8 Å². The van der Waals surface area contributed by atoms with Gasteiger partial charge in [0.25, 0.3) is 0 Å². The number of aliphatic carboxylic acids is 1. The van der Waals surface area contributed by atoms with Crippen molar-refractivity contribution in [3.8, 4) is 16.9 Å². The van der Waals surface area contributed by atoms with E-state index < -0.39 is 5.97 Å². The molecule has 0 unspecified atom stereocenters. The van der Waals surface area contributed by atoms with Crippen LogP contribution in [0, 0.1) is 0 Å². The molecule has 0 fully saturated rings. The number of hydrogen-bond donors (Lipinski definition) is 1. The molecule has 1 aliphatic rings. The zero-order valence-corrected chi connectivity index (χ0v) is 22.0. The molecule has 0 saturated carbocycles. The van der Waals surface area contributed by atoms with E-state index in [9.17, 15) is 4.79 Å². The van der Waals surface area contributed by atoms with Crippen LogP contribution < -0.4 is 4.74 Å². The summed E-state index contributed by atoms with van der Waals surface area (Å²) in [4.78, 5) is 10.4. The average Bonchev–Trinajstić information content (AvgIpc) is 3.68. The highest BCUT2D eigenvalue weighted by Gasteiger charge is 2.23. The smallest absolute Gasteiger partial charge is 0.303 e. The molecule has 0 atom stereocenters. The third-order valence-electron chi connectivity index (χ3n) is 7.37. The minimum Gasteiger partial charge on any atom is -0.494 e. The first-order chi connectivity index (χ1) is 18.7. The quantitative estimate of drug-likeness (QED) is 0.133. The second-order valence-electron chi connectivity index (χ2n) is 10.2. The Hall–Kier alpha value is -3.85. The molecule has 1 aliphatic carbocycles. The number of unbranched alkanes of at least 4 members (excludes halogenated alkanes) is 7. The second kappa shape index (κ2) is 12.6. The molecule has 3 heteroatoms. The monoisotopic (exact) mass is 504 g/mol. The first-order valence-corrected chi connectivity index (χ1v) is 14.0. The minimum atomic E-state index is -0.679. The minimum absolute atomic E-state index is 0.312. The summed E-state index contributed by atoms with van der Waals surface area (Å²) in [5.41, 5.74) is 2.92. The van der Waals surface area contributed by atoms with Crippen molar-refractivity contribution < 1.29 is 14.6 Å². The third kappa shape index (κ3) is 6.52. The molecule has 0 bridgehead atoms. The topological polar surface area (TPSA) is 46.5 Å². The van der Waals surface area contributed by atoms with Crippen LogP contribution in [0.1, 0.15) is 57.8 Å². The van der Waals surface area contributed by atoms with Gasteiger partial charge in [-0.2, -0.15) is 0 Å². The Bertz CT molecular complexity index is 1540. The van der Waals surface area contributed by atoms with Crippen LogP contribution in [-0.2, 0) is 4.79 Å². The molecule has 0 spiro atoms. The van der Waals surface area contributed by atoms with E-state index in [0.717, 1.165) is 38.0 Å². The fraction of sp³-hybridized carbons (Fsp3) is 0.286. The van der Waals surface area contributed by atoms with Gasteiger partial charge in [0.15, 0.2) is 0 Å². The predicted molar refractivity (Wildman–Crippen MR) is 159 cm³/mol. The van der Waals surface area contributed by atoms with Gasteiger partial charge >= 0.3 is 5.97 Å². The highest BCUT2D eigenvalue weighted by atomic mass is 16.5. The Morgan fingerprint density at radius 2 is 1.26 bits per heavy atom.